The molecule has 4 heteroatoms. The minimum Gasteiger partial charge on any atom is -0.203 e. The van der Waals surface area contributed by atoms with Crippen LogP contribution < -0.4 is 0 Å². The zero-order chi connectivity index (χ0) is 17.4. The van der Waals surface area contributed by atoms with E-state index in [0.29, 0.717) is 15.6 Å². The van der Waals surface area contributed by atoms with Crippen LogP contribution in [0.25, 0.3) is 22.3 Å². The van der Waals surface area contributed by atoms with Crippen LogP contribution in [-0.4, -0.2) is 0 Å². The lowest BCUT2D eigenvalue weighted by Gasteiger charge is -2.11. The van der Waals surface area contributed by atoms with E-state index in [0.717, 1.165) is 16.7 Å². The minimum absolute atomic E-state index is 0.182. The fraction of sp³-hybridized carbons (Fsp3) is 0.100. The topological polar surface area (TPSA) is 0 Å². The first-order valence-electron chi connectivity index (χ1n) is 7.39. The van der Waals surface area contributed by atoms with Crippen molar-refractivity contribution in [1.29, 1.82) is 0 Å². The van der Waals surface area contributed by atoms with Crippen LogP contribution in [0.5, 0.6) is 0 Å². The molecule has 0 bridgehead atoms. The van der Waals surface area contributed by atoms with E-state index in [1.807, 2.05) is 25.1 Å². The average Bonchev–Trinajstić information content (AvgIpc) is 2.53. The van der Waals surface area contributed by atoms with Crippen LogP contribution in [-0.2, 0) is 0 Å². The second kappa shape index (κ2) is 6.54. The molecule has 0 N–H and O–H groups in total. The summed E-state index contributed by atoms with van der Waals surface area (Å²) in [6.07, 6.45) is 0. The van der Waals surface area contributed by atoms with E-state index in [-0.39, 0.29) is 11.1 Å². The van der Waals surface area contributed by atoms with Gasteiger partial charge in [0.15, 0.2) is 11.6 Å². The molecular formula is C20H14Cl2F2. The SMILES string of the molecule is Cc1ccc(-c2ccc(-c3ccc(C)c(F)c3F)cc2Cl)c(Cl)c1. The van der Waals surface area contributed by atoms with Crippen molar-refractivity contribution in [2.24, 2.45) is 0 Å². The first-order valence-corrected chi connectivity index (χ1v) is 8.15. The van der Waals surface area contributed by atoms with Gasteiger partial charge in [0.05, 0.1) is 0 Å². The zero-order valence-electron chi connectivity index (χ0n) is 13.1. The third-order valence-corrected chi connectivity index (χ3v) is 4.60. The highest BCUT2D eigenvalue weighted by molar-refractivity contribution is 6.36. The summed E-state index contributed by atoms with van der Waals surface area (Å²) < 4.78 is 28.0. The summed E-state index contributed by atoms with van der Waals surface area (Å²) >= 11 is 12.7. The molecule has 0 fully saturated rings. The smallest absolute Gasteiger partial charge is 0.166 e. The molecule has 3 aromatic carbocycles. The standard InChI is InChI=1S/C20H14Cl2F2/c1-11-3-6-15(17(21)9-11)16-8-5-13(10-18(16)22)14-7-4-12(2)19(23)20(14)24/h3-10H,1-2H3. The van der Waals surface area contributed by atoms with Crippen molar-refractivity contribution in [2.45, 2.75) is 13.8 Å². The Hall–Kier alpha value is -1.90. The van der Waals surface area contributed by atoms with Crippen molar-refractivity contribution in [3.63, 3.8) is 0 Å². The largest absolute Gasteiger partial charge is 0.203 e. The number of hydrogen-bond acceptors (Lipinski definition) is 0. The van der Waals surface area contributed by atoms with Gasteiger partial charge in [-0.2, -0.15) is 0 Å². The Morgan fingerprint density at radius 3 is 1.88 bits per heavy atom. The molecule has 0 atom stereocenters. The Balaban J connectivity index is 2.10. The van der Waals surface area contributed by atoms with Crippen molar-refractivity contribution in [1.82, 2.24) is 0 Å². The Kier molecular flexibility index (Phi) is 4.62. The van der Waals surface area contributed by atoms with Gasteiger partial charge in [0.2, 0.25) is 0 Å². The van der Waals surface area contributed by atoms with Gasteiger partial charge in [-0.3, -0.25) is 0 Å². The van der Waals surface area contributed by atoms with Gasteiger partial charge in [-0.05, 0) is 42.7 Å². The number of hydrogen-bond donors (Lipinski definition) is 0. The zero-order valence-corrected chi connectivity index (χ0v) is 14.6. The molecule has 122 valence electrons. The molecule has 0 saturated carbocycles. The van der Waals surface area contributed by atoms with Crippen molar-refractivity contribution >= 4 is 23.2 Å². The number of aryl methyl sites for hydroxylation is 2. The molecule has 3 aromatic rings. The highest BCUT2D eigenvalue weighted by Crippen LogP contribution is 2.37. The lowest BCUT2D eigenvalue weighted by Crippen LogP contribution is -1.93. The third-order valence-electron chi connectivity index (χ3n) is 3.97. The maximum Gasteiger partial charge on any atom is 0.166 e. The van der Waals surface area contributed by atoms with Crippen LogP contribution >= 0.6 is 23.2 Å². The van der Waals surface area contributed by atoms with Gasteiger partial charge in [0.1, 0.15) is 0 Å². The summed E-state index contributed by atoms with van der Waals surface area (Å²) in [4.78, 5) is 0. The van der Waals surface area contributed by atoms with E-state index < -0.39 is 11.6 Å². The first-order chi connectivity index (χ1) is 11.4. The molecule has 0 nitrogen and oxygen atoms in total. The second-order valence-corrected chi connectivity index (χ2v) is 6.55. The molecule has 0 saturated heterocycles. The van der Waals surface area contributed by atoms with Gasteiger partial charge in [0, 0.05) is 26.7 Å². The molecule has 24 heavy (non-hydrogen) atoms. The molecule has 3 rings (SSSR count). The normalized spacial score (nSPS) is 10.9. The van der Waals surface area contributed by atoms with E-state index in [9.17, 15) is 8.78 Å². The Bertz CT molecular complexity index is 933. The molecule has 0 spiro atoms. The van der Waals surface area contributed by atoms with Crippen LogP contribution in [0.3, 0.4) is 0 Å². The van der Waals surface area contributed by atoms with Crippen LogP contribution in [0.1, 0.15) is 11.1 Å². The van der Waals surface area contributed by atoms with Gasteiger partial charge in [-0.1, -0.05) is 59.6 Å². The third kappa shape index (κ3) is 3.04. The molecule has 0 amide bonds. The van der Waals surface area contributed by atoms with Gasteiger partial charge in [-0.15, -0.1) is 0 Å². The number of rotatable bonds is 2. The molecular weight excluding hydrogens is 349 g/mol. The van der Waals surface area contributed by atoms with Crippen molar-refractivity contribution < 1.29 is 8.78 Å². The first kappa shape index (κ1) is 16.9. The lowest BCUT2D eigenvalue weighted by molar-refractivity contribution is 0.505. The monoisotopic (exact) mass is 362 g/mol. The summed E-state index contributed by atoms with van der Waals surface area (Å²) in [5, 5.41) is 1.02. The Labute approximate surface area is 149 Å². The summed E-state index contributed by atoms with van der Waals surface area (Å²) in [5.41, 5.74) is 3.57. The van der Waals surface area contributed by atoms with E-state index in [4.69, 9.17) is 23.2 Å². The van der Waals surface area contributed by atoms with Crippen molar-refractivity contribution in [3.8, 4) is 22.3 Å². The molecule has 0 aliphatic carbocycles. The second-order valence-electron chi connectivity index (χ2n) is 5.74. The maximum absolute atomic E-state index is 14.2. The summed E-state index contributed by atoms with van der Waals surface area (Å²) in [7, 11) is 0. The minimum atomic E-state index is -0.868. The van der Waals surface area contributed by atoms with E-state index in [1.54, 1.807) is 30.3 Å². The molecule has 0 radical (unpaired) electrons. The highest BCUT2D eigenvalue weighted by atomic mass is 35.5. The number of benzene rings is 3. The lowest BCUT2D eigenvalue weighted by atomic mass is 9.98. The average molecular weight is 363 g/mol. The fourth-order valence-electron chi connectivity index (χ4n) is 2.61. The summed E-state index contributed by atoms with van der Waals surface area (Å²) in [5.74, 6) is -1.71. The van der Waals surface area contributed by atoms with Crippen LogP contribution in [0.4, 0.5) is 8.78 Å². The van der Waals surface area contributed by atoms with Gasteiger partial charge >= 0.3 is 0 Å². The molecule has 0 aliphatic rings. The quantitative estimate of drug-likeness (QED) is 0.451. The summed E-state index contributed by atoms with van der Waals surface area (Å²) in [6, 6.07) is 13.9. The van der Waals surface area contributed by atoms with Gasteiger partial charge in [0.25, 0.3) is 0 Å². The molecule has 0 aromatic heterocycles. The fourth-order valence-corrected chi connectivity index (χ4v) is 3.23. The highest BCUT2D eigenvalue weighted by Gasteiger charge is 2.15. The number of halogens is 4. The predicted octanol–water partition coefficient (Wildman–Crippen LogP) is 7.22. The Morgan fingerprint density at radius 1 is 0.667 bits per heavy atom. The van der Waals surface area contributed by atoms with Gasteiger partial charge < -0.3 is 0 Å². The van der Waals surface area contributed by atoms with E-state index in [1.165, 1.54) is 6.92 Å². The van der Waals surface area contributed by atoms with Crippen LogP contribution in [0.2, 0.25) is 10.0 Å². The predicted molar refractivity (Wildman–Crippen MR) is 96.7 cm³/mol. The van der Waals surface area contributed by atoms with E-state index in [2.05, 4.69) is 0 Å². The van der Waals surface area contributed by atoms with Gasteiger partial charge in [-0.25, -0.2) is 8.78 Å². The molecule has 0 aliphatic heterocycles. The molecule has 0 unspecified atom stereocenters. The van der Waals surface area contributed by atoms with Crippen molar-refractivity contribution in [3.05, 3.63) is 81.3 Å². The van der Waals surface area contributed by atoms with Crippen LogP contribution in [0.15, 0.2) is 48.5 Å². The van der Waals surface area contributed by atoms with Crippen LogP contribution in [0, 0.1) is 25.5 Å². The van der Waals surface area contributed by atoms with E-state index >= 15 is 0 Å². The summed E-state index contributed by atoms with van der Waals surface area (Å²) in [6.45, 7) is 3.48. The molecule has 0 heterocycles. The maximum atomic E-state index is 14.2. The van der Waals surface area contributed by atoms with Crippen molar-refractivity contribution in [2.75, 3.05) is 0 Å². The Morgan fingerprint density at radius 2 is 1.25 bits per heavy atom.